The molecule has 1 unspecified atom stereocenters. The number of rotatable bonds is 5. The molecule has 0 aromatic heterocycles. The highest BCUT2D eigenvalue weighted by molar-refractivity contribution is 6.32. The first-order valence-corrected chi connectivity index (χ1v) is 6.74. The van der Waals surface area contributed by atoms with E-state index in [0.717, 1.165) is 5.69 Å². The number of nitro groups is 1. The molecule has 0 aliphatic rings. The summed E-state index contributed by atoms with van der Waals surface area (Å²) >= 11 is 5.97. The highest BCUT2D eigenvalue weighted by Crippen LogP contribution is 2.31. The summed E-state index contributed by atoms with van der Waals surface area (Å²) in [7, 11) is 1.54. The van der Waals surface area contributed by atoms with E-state index in [1.807, 2.05) is 6.92 Å². The van der Waals surface area contributed by atoms with Gasteiger partial charge in [0.1, 0.15) is 5.75 Å². The van der Waals surface area contributed by atoms with Crippen LogP contribution in [-0.4, -0.2) is 12.0 Å². The van der Waals surface area contributed by atoms with Crippen molar-refractivity contribution in [1.82, 2.24) is 0 Å². The molecule has 0 saturated carbocycles. The molecule has 0 heterocycles. The maximum Gasteiger partial charge on any atom is 0.274 e. The van der Waals surface area contributed by atoms with Crippen molar-refractivity contribution >= 4 is 23.0 Å². The number of hydrogen-bond donors (Lipinski definition) is 1. The minimum absolute atomic E-state index is 0.0958. The van der Waals surface area contributed by atoms with Crippen LogP contribution in [0.15, 0.2) is 42.5 Å². The van der Waals surface area contributed by atoms with Crippen LogP contribution >= 0.6 is 11.6 Å². The quantitative estimate of drug-likeness (QED) is 0.655. The van der Waals surface area contributed by atoms with Gasteiger partial charge in [-0.25, -0.2) is 0 Å². The van der Waals surface area contributed by atoms with Crippen LogP contribution in [0.25, 0.3) is 0 Å². The first-order valence-electron chi connectivity index (χ1n) is 6.36. The first-order chi connectivity index (χ1) is 10.0. The molecule has 21 heavy (non-hydrogen) atoms. The number of halogens is 1. The number of nitrogens with one attached hydrogen (secondary N) is 1. The molecule has 0 bridgehead atoms. The molecule has 2 aromatic carbocycles. The number of methoxy groups -OCH3 is 1. The number of ether oxygens (including phenoxy) is 1. The number of benzene rings is 2. The molecule has 0 aliphatic carbocycles. The van der Waals surface area contributed by atoms with Crippen molar-refractivity contribution in [2.45, 2.75) is 13.0 Å². The Morgan fingerprint density at radius 3 is 2.67 bits per heavy atom. The van der Waals surface area contributed by atoms with Gasteiger partial charge < -0.3 is 10.1 Å². The van der Waals surface area contributed by atoms with Crippen LogP contribution in [0.5, 0.6) is 5.75 Å². The molecule has 5 nitrogen and oxygen atoms in total. The summed E-state index contributed by atoms with van der Waals surface area (Å²) in [4.78, 5) is 10.7. The summed E-state index contributed by atoms with van der Waals surface area (Å²) in [5.41, 5.74) is 1.50. The van der Waals surface area contributed by atoms with Crippen LogP contribution in [0.1, 0.15) is 18.5 Å². The Bertz CT molecular complexity index is 661. The summed E-state index contributed by atoms with van der Waals surface area (Å²) in [5.74, 6) is 0.552. The van der Waals surface area contributed by atoms with E-state index in [9.17, 15) is 10.1 Å². The summed E-state index contributed by atoms with van der Waals surface area (Å²) in [6.07, 6.45) is 0. The fourth-order valence-electron chi connectivity index (χ4n) is 2.10. The van der Waals surface area contributed by atoms with Crippen molar-refractivity contribution in [2.75, 3.05) is 12.4 Å². The number of hydrogen-bond acceptors (Lipinski definition) is 4. The van der Waals surface area contributed by atoms with E-state index in [-0.39, 0.29) is 16.7 Å². The average molecular weight is 307 g/mol. The third kappa shape index (κ3) is 3.44. The van der Waals surface area contributed by atoms with E-state index in [1.54, 1.807) is 36.4 Å². The highest BCUT2D eigenvalue weighted by atomic mass is 35.5. The van der Waals surface area contributed by atoms with Crippen LogP contribution < -0.4 is 10.1 Å². The fraction of sp³-hybridized carbons (Fsp3) is 0.200. The molecule has 0 aliphatic heterocycles. The molecule has 0 spiro atoms. The second-order valence-corrected chi connectivity index (χ2v) is 4.94. The highest BCUT2D eigenvalue weighted by Gasteiger charge is 2.18. The van der Waals surface area contributed by atoms with E-state index >= 15 is 0 Å². The molecule has 1 N–H and O–H groups in total. The second-order valence-electron chi connectivity index (χ2n) is 4.53. The van der Waals surface area contributed by atoms with Crippen molar-refractivity contribution in [3.8, 4) is 5.75 Å². The summed E-state index contributed by atoms with van der Waals surface area (Å²) in [6.45, 7) is 1.86. The van der Waals surface area contributed by atoms with E-state index in [2.05, 4.69) is 5.32 Å². The van der Waals surface area contributed by atoms with E-state index in [4.69, 9.17) is 16.3 Å². The fourth-order valence-corrected chi connectivity index (χ4v) is 2.29. The van der Waals surface area contributed by atoms with Gasteiger partial charge in [0, 0.05) is 17.8 Å². The zero-order valence-corrected chi connectivity index (χ0v) is 12.4. The van der Waals surface area contributed by atoms with Gasteiger partial charge in [-0.15, -0.1) is 0 Å². The van der Waals surface area contributed by atoms with Gasteiger partial charge in [0.25, 0.3) is 5.69 Å². The Hall–Kier alpha value is -2.27. The van der Waals surface area contributed by atoms with Crippen LogP contribution in [0.4, 0.5) is 11.4 Å². The maximum atomic E-state index is 11.1. The zero-order chi connectivity index (χ0) is 15.4. The minimum Gasteiger partial charge on any atom is -0.495 e. The lowest BCUT2D eigenvalue weighted by Crippen LogP contribution is -2.09. The number of nitrogens with zero attached hydrogens (tertiary/aromatic N) is 1. The van der Waals surface area contributed by atoms with Gasteiger partial charge >= 0.3 is 0 Å². The predicted molar refractivity (Wildman–Crippen MR) is 83.1 cm³/mol. The minimum atomic E-state index is -0.379. The second kappa shape index (κ2) is 6.45. The van der Waals surface area contributed by atoms with Crippen LogP contribution in [0.2, 0.25) is 5.02 Å². The van der Waals surface area contributed by atoms with Gasteiger partial charge in [0.2, 0.25) is 0 Å². The van der Waals surface area contributed by atoms with Crippen molar-refractivity contribution in [3.63, 3.8) is 0 Å². The lowest BCUT2D eigenvalue weighted by Gasteiger charge is -2.16. The predicted octanol–water partition coefficient (Wildman–Crippen LogP) is 4.43. The molecule has 110 valence electrons. The molecular weight excluding hydrogens is 292 g/mol. The van der Waals surface area contributed by atoms with Gasteiger partial charge in [-0.05, 0) is 19.1 Å². The summed E-state index contributed by atoms with van der Waals surface area (Å²) in [6, 6.07) is 11.7. The Morgan fingerprint density at radius 2 is 2.00 bits per heavy atom. The third-order valence-corrected chi connectivity index (χ3v) is 3.45. The Balaban J connectivity index is 2.26. The van der Waals surface area contributed by atoms with Gasteiger partial charge in [0.15, 0.2) is 0 Å². The number of anilines is 1. The third-order valence-electron chi connectivity index (χ3n) is 3.13. The number of nitro benzene ring substituents is 1. The van der Waals surface area contributed by atoms with Crippen molar-refractivity contribution < 1.29 is 9.66 Å². The molecule has 0 saturated heterocycles. The Kier molecular flexibility index (Phi) is 4.65. The van der Waals surface area contributed by atoms with Gasteiger partial charge in [-0.2, -0.15) is 0 Å². The normalized spacial score (nSPS) is 11.8. The molecule has 0 fully saturated rings. The van der Waals surface area contributed by atoms with Crippen molar-refractivity contribution in [2.24, 2.45) is 0 Å². The lowest BCUT2D eigenvalue weighted by molar-refractivity contribution is -0.385. The lowest BCUT2D eigenvalue weighted by atomic mass is 10.1. The van der Waals surface area contributed by atoms with E-state index in [0.29, 0.717) is 16.3 Å². The van der Waals surface area contributed by atoms with Gasteiger partial charge in [-0.1, -0.05) is 29.8 Å². The maximum absolute atomic E-state index is 11.1. The van der Waals surface area contributed by atoms with Crippen LogP contribution in [0.3, 0.4) is 0 Å². The first kappa shape index (κ1) is 15.1. The molecule has 0 radical (unpaired) electrons. The Labute approximate surface area is 127 Å². The van der Waals surface area contributed by atoms with Crippen LogP contribution in [0, 0.1) is 10.1 Å². The van der Waals surface area contributed by atoms with Gasteiger partial charge in [-0.3, -0.25) is 10.1 Å². The average Bonchev–Trinajstić information content (AvgIpc) is 2.49. The van der Waals surface area contributed by atoms with Gasteiger partial charge in [0.05, 0.1) is 28.7 Å². The molecular formula is C15H15ClN2O3. The largest absolute Gasteiger partial charge is 0.495 e. The number of para-hydroxylation sites is 1. The molecule has 2 aromatic rings. The van der Waals surface area contributed by atoms with Crippen molar-refractivity contribution in [3.05, 3.63) is 63.2 Å². The van der Waals surface area contributed by atoms with Crippen molar-refractivity contribution in [1.29, 1.82) is 0 Å². The van der Waals surface area contributed by atoms with Crippen LogP contribution in [-0.2, 0) is 0 Å². The SMILES string of the molecule is COc1cc(NC(C)c2ccccc2[N+](=O)[O-])ccc1Cl. The van der Waals surface area contributed by atoms with E-state index in [1.165, 1.54) is 13.2 Å². The molecule has 1 atom stereocenters. The molecule has 6 heteroatoms. The molecule has 0 amide bonds. The molecule has 2 rings (SSSR count). The zero-order valence-electron chi connectivity index (χ0n) is 11.7. The Morgan fingerprint density at radius 1 is 1.29 bits per heavy atom. The standard InChI is InChI=1S/C15H15ClN2O3/c1-10(12-5-3-4-6-14(12)18(19)20)17-11-7-8-13(16)15(9-11)21-2/h3-10,17H,1-2H3. The smallest absolute Gasteiger partial charge is 0.274 e. The monoisotopic (exact) mass is 306 g/mol. The summed E-state index contributed by atoms with van der Waals surface area (Å²) < 4.78 is 5.15. The topological polar surface area (TPSA) is 64.4 Å². The summed E-state index contributed by atoms with van der Waals surface area (Å²) in [5, 5.41) is 14.8. The van der Waals surface area contributed by atoms with E-state index < -0.39 is 0 Å².